The van der Waals surface area contributed by atoms with Crippen molar-refractivity contribution >= 4 is 116 Å². The molecule has 0 saturated carbocycles. The first-order valence-corrected chi connectivity index (χ1v) is 40.1. The second kappa shape index (κ2) is 45.0. The molecule has 0 atom stereocenters. The number of aromatic hydroxyl groups is 3. The highest BCUT2D eigenvalue weighted by Gasteiger charge is 2.34. The third kappa shape index (κ3) is 31.8. The number of hydrogen-bond acceptors (Lipinski definition) is 24. The van der Waals surface area contributed by atoms with E-state index in [2.05, 4.69) is 70.9 Å². The van der Waals surface area contributed by atoms with Gasteiger partial charge in [0.15, 0.2) is 28.9 Å². The maximum absolute atomic E-state index is 12.7. The van der Waals surface area contributed by atoms with Crippen LogP contribution in [-0.2, 0) is 58.3 Å². The van der Waals surface area contributed by atoms with Crippen LogP contribution in [0.2, 0.25) is 0 Å². The Morgan fingerprint density at radius 2 is 0.707 bits per heavy atom. The molecule has 4 aromatic heterocycles. The summed E-state index contributed by atoms with van der Waals surface area (Å²) in [5.74, 6) is 3.55. The number of aliphatic hydroxyl groups excluding tert-OH is 1. The SMILES string of the molecule is C.C.C.CC(C)(CBr)OO.CC(C)(Oc1ccc(SCc2nc(-c3ccc(C(F)(F)F)cc3)ns2)cc1)C(=O)O.Cc1cc(S)ccc1O.Cc1cc(SCc2nc(-c3ccc(C(F)(F)F)cc3)ns2)ccc1O.Cc1cc(SCc2nc(-c3ccc(C(F)(F)F)cc3)ns2)ccc1O.OCc1nc(-c2ccc(C(F)(F)F)cc2)ns1. The van der Waals surface area contributed by atoms with E-state index >= 15 is 0 Å². The number of ether oxygens (including phenoxy) is 1. The first-order chi connectivity index (χ1) is 53.0. The van der Waals surface area contributed by atoms with Gasteiger partial charge in [-0.3, -0.25) is 5.26 Å². The van der Waals surface area contributed by atoms with Gasteiger partial charge < -0.3 is 30.3 Å². The summed E-state index contributed by atoms with van der Waals surface area (Å²) in [7, 11) is 0. The van der Waals surface area contributed by atoms with Gasteiger partial charge in [-0.2, -0.15) is 70.2 Å². The fourth-order valence-corrected chi connectivity index (χ4v) is 14.1. The van der Waals surface area contributed by atoms with Crippen molar-refractivity contribution in [3.63, 3.8) is 0 Å². The van der Waals surface area contributed by atoms with Crippen LogP contribution in [0, 0.1) is 20.8 Å². The van der Waals surface area contributed by atoms with Crippen LogP contribution in [0.5, 0.6) is 23.0 Å². The van der Waals surface area contributed by atoms with E-state index in [0.29, 0.717) is 84.6 Å². The van der Waals surface area contributed by atoms with Crippen molar-refractivity contribution in [2.75, 3.05) is 5.33 Å². The highest BCUT2D eigenvalue weighted by molar-refractivity contribution is 9.09. The molecule has 0 fully saturated rings. The van der Waals surface area contributed by atoms with E-state index in [1.54, 1.807) is 73.8 Å². The number of thiol groups is 1. The van der Waals surface area contributed by atoms with Gasteiger partial charge in [0.1, 0.15) is 48.6 Å². The first-order valence-electron chi connectivity index (χ1n) is 32.5. The van der Waals surface area contributed by atoms with Gasteiger partial charge in [0.25, 0.3) is 0 Å². The lowest BCUT2D eigenvalue weighted by Crippen LogP contribution is -2.37. The minimum atomic E-state index is -4.38. The van der Waals surface area contributed by atoms with Gasteiger partial charge in [-0.15, -0.1) is 47.9 Å². The molecule has 17 nitrogen and oxygen atoms in total. The number of aryl methyl sites for hydroxylation is 3. The van der Waals surface area contributed by atoms with Crippen LogP contribution in [-0.4, -0.2) is 90.7 Å². The number of nitrogens with zero attached hydrogens (tertiary/aromatic N) is 8. The predicted molar refractivity (Wildman–Crippen MR) is 442 cm³/mol. The first kappa shape index (κ1) is 99.9. The van der Waals surface area contributed by atoms with Crippen LogP contribution in [0.1, 0.15) is 109 Å². The average molecular weight is 1840 g/mol. The number of carboxylic acid groups (broad SMARTS) is 1. The lowest BCUT2D eigenvalue weighted by Gasteiger charge is -2.21. The maximum atomic E-state index is 12.7. The Hall–Kier alpha value is -8.41. The zero-order valence-electron chi connectivity index (χ0n) is 60.0. The molecule has 8 aromatic carbocycles. The van der Waals surface area contributed by atoms with Gasteiger partial charge in [0.05, 0.1) is 46.1 Å². The number of hydrogen-bond donors (Lipinski definition) is 7. The Kier molecular flexibility index (Phi) is 38.7. The lowest BCUT2D eigenvalue weighted by atomic mass is 10.1. The molecule has 12 rings (SSSR count). The van der Waals surface area contributed by atoms with E-state index in [0.717, 1.165) is 111 Å². The number of halogens is 13. The third-order valence-electron chi connectivity index (χ3n) is 14.8. The number of thioether (sulfide) groups is 3. The number of phenolic OH excluding ortho intramolecular Hbond substituents is 3. The molecule has 4 heterocycles. The number of aliphatic carboxylic acids is 1. The zero-order chi connectivity index (χ0) is 83.2. The number of benzene rings is 8. The fraction of sp³-hybridized carbons (Fsp3) is 0.269. The highest BCUT2D eigenvalue weighted by Crippen LogP contribution is 2.38. The number of phenols is 3. The smallest absolute Gasteiger partial charge is 0.416 e. The summed E-state index contributed by atoms with van der Waals surface area (Å²) < 4.78 is 173. The molecule has 0 radical (unpaired) electrons. The molecule has 0 aliphatic rings. The van der Waals surface area contributed by atoms with Crippen LogP contribution in [0.3, 0.4) is 0 Å². The van der Waals surface area contributed by atoms with E-state index in [1.807, 2.05) is 63.2 Å². The minimum absolute atomic E-state index is 0. The normalized spacial score (nSPS) is 11.3. The second-order valence-corrected chi connectivity index (χ2v) is 32.2. The molecule has 0 unspecified atom stereocenters. The van der Waals surface area contributed by atoms with Crippen LogP contribution in [0.25, 0.3) is 45.6 Å². The number of aliphatic hydroxyl groups is 1. The molecule has 0 saturated heterocycles. The topological polar surface area (TPSA) is 260 Å². The van der Waals surface area contributed by atoms with Gasteiger partial charge in [0.2, 0.25) is 0 Å². The molecule has 0 aliphatic carbocycles. The van der Waals surface area contributed by atoms with Crippen molar-refractivity contribution < 1.29 is 97.9 Å². The summed E-state index contributed by atoms with van der Waals surface area (Å²) in [6, 6.07) is 41.9. The number of carbonyl (C=O) groups is 1. The van der Waals surface area contributed by atoms with Crippen molar-refractivity contribution in [1.29, 1.82) is 0 Å². The molecule has 0 spiro atoms. The van der Waals surface area contributed by atoms with E-state index in [9.17, 15) is 67.7 Å². The van der Waals surface area contributed by atoms with Crippen molar-refractivity contribution in [3.8, 4) is 68.5 Å². The Balaban J connectivity index is 0.000000306. The van der Waals surface area contributed by atoms with Gasteiger partial charge in [0, 0.05) is 47.2 Å². The van der Waals surface area contributed by atoms with E-state index in [1.165, 1.54) is 109 Å². The summed E-state index contributed by atoms with van der Waals surface area (Å²) in [4.78, 5) is 36.1. The standard InChI is InChI=1S/C20H17F3N2O3S2.2C17H13F3N2OS2.C10H7F3N2OS.C7H8OS.C4H9BrO2.3CH4/c1-19(2,18(26)27)28-14-7-9-15(10-8-14)29-11-16-24-17(25-30-16)12-3-5-13(6-4-12)20(21,22)23;2*1-10-8-13(6-7-14(10)23)24-9-15-21-16(22-25-15)11-2-4-12(5-3-11)17(18,19)20;11-10(12,13)7-3-1-6(2-4-7)9-14-8(5-16)17-15-9;1-5-4-6(9)2-3-7(5)8;1-4(2,3-5)7-6;;;/h3-10H,11H2,1-2H3,(H,26,27);2*2-8,23H,9H2,1H3;1-4,16H,5H2;2-4,8-9H,1H3;6H,3H2,1-2H3;3*1H4. The zero-order valence-corrected chi connectivity index (χ0v) is 68.2. The molecular weight excluding hydrogens is 1760 g/mol. The molecule has 624 valence electrons. The Morgan fingerprint density at radius 3 is 0.948 bits per heavy atom. The van der Waals surface area contributed by atoms with Crippen molar-refractivity contribution in [2.24, 2.45) is 0 Å². The fourth-order valence-electron chi connectivity index (χ4n) is 8.44. The maximum Gasteiger partial charge on any atom is 0.416 e. The largest absolute Gasteiger partial charge is 0.508 e. The Labute approximate surface area is 704 Å². The van der Waals surface area contributed by atoms with E-state index < -0.39 is 64.1 Å². The lowest BCUT2D eigenvalue weighted by molar-refractivity contribution is -0.304. The summed E-state index contributed by atoms with van der Waals surface area (Å²) in [6.07, 6.45) is -17.4. The van der Waals surface area contributed by atoms with Gasteiger partial charge in [-0.05, 0) is 239 Å². The second-order valence-electron chi connectivity index (χ2n) is 24.6. The van der Waals surface area contributed by atoms with Crippen molar-refractivity contribution in [3.05, 3.63) is 235 Å². The van der Waals surface area contributed by atoms with Crippen LogP contribution in [0.15, 0.2) is 196 Å². The molecule has 116 heavy (non-hydrogen) atoms. The van der Waals surface area contributed by atoms with Gasteiger partial charge in [-0.25, -0.2) is 29.6 Å². The number of alkyl halides is 13. The monoisotopic (exact) mass is 1830 g/mol. The van der Waals surface area contributed by atoms with Crippen LogP contribution >= 0.6 is 110 Å². The summed E-state index contributed by atoms with van der Waals surface area (Å²) in [5.41, 5.74) is 0.0256. The van der Waals surface area contributed by atoms with E-state index in [-0.39, 0.29) is 40.4 Å². The van der Waals surface area contributed by atoms with Crippen LogP contribution < -0.4 is 4.74 Å². The minimum Gasteiger partial charge on any atom is -0.508 e. The predicted octanol–water partition coefficient (Wildman–Crippen LogP) is 25.1. The van der Waals surface area contributed by atoms with Gasteiger partial charge >= 0.3 is 30.7 Å². The Morgan fingerprint density at radius 1 is 0.431 bits per heavy atom. The van der Waals surface area contributed by atoms with Gasteiger partial charge in [-0.1, -0.05) is 86.7 Å². The molecule has 6 N–H and O–H groups in total. The van der Waals surface area contributed by atoms with Crippen LogP contribution in [0.4, 0.5) is 52.7 Å². The molecular formula is C78H79BrF12N8O9S8. The van der Waals surface area contributed by atoms with Crippen molar-refractivity contribution in [1.82, 2.24) is 37.4 Å². The quantitative estimate of drug-likeness (QED) is 0.00991. The molecule has 0 amide bonds. The highest BCUT2D eigenvalue weighted by atomic mass is 79.9. The summed E-state index contributed by atoms with van der Waals surface area (Å²) >= 11 is 16.5. The third-order valence-corrected chi connectivity index (χ3v) is 22.8. The summed E-state index contributed by atoms with van der Waals surface area (Å²) in [5, 5.41) is 57.4. The molecule has 0 aliphatic heterocycles. The molecule has 12 aromatic rings. The number of rotatable bonds is 19. The van der Waals surface area contributed by atoms with Crippen molar-refractivity contribution in [2.45, 2.75) is 150 Å². The average Bonchev–Trinajstić information content (AvgIpc) is 1.82. The Bertz CT molecular complexity index is 4870. The molecule has 0 bridgehead atoms. The molecule has 38 heteroatoms. The number of aromatic nitrogens is 8. The number of carboxylic acids is 1. The van der Waals surface area contributed by atoms with E-state index in [4.69, 9.17) is 25.3 Å². The summed E-state index contributed by atoms with van der Waals surface area (Å²) in [6.45, 7) is 11.8.